The van der Waals surface area contributed by atoms with Gasteiger partial charge >= 0.3 is 5.97 Å². The van der Waals surface area contributed by atoms with Gasteiger partial charge in [0, 0.05) is 5.25 Å². The van der Waals surface area contributed by atoms with Crippen LogP contribution in [-0.4, -0.2) is 38.6 Å². The van der Waals surface area contributed by atoms with Gasteiger partial charge in [0.05, 0.1) is 6.61 Å². The van der Waals surface area contributed by atoms with E-state index in [9.17, 15) is 4.79 Å². The van der Waals surface area contributed by atoms with E-state index in [1.165, 1.54) is 0 Å². The summed E-state index contributed by atoms with van der Waals surface area (Å²) in [7, 11) is 0. The SMILES string of the molecule is CC(CO)SC(O)C(=O)O. The Balaban J connectivity index is 3.56. The molecule has 0 amide bonds. The van der Waals surface area contributed by atoms with Crippen molar-refractivity contribution in [2.45, 2.75) is 17.6 Å². The molecule has 10 heavy (non-hydrogen) atoms. The lowest BCUT2D eigenvalue weighted by molar-refractivity contribution is -0.141. The summed E-state index contributed by atoms with van der Waals surface area (Å²) in [6, 6.07) is 0. The van der Waals surface area contributed by atoms with E-state index in [1.54, 1.807) is 6.92 Å². The van der Waals surface area contributed by atoms with E-state index in [1.807, 2.05) is 0 Å². The van der Waals surface area contributed by atoms with Crippen LogP contribution in [0.25, 0.3) is 0 Å². The average Bonchev–Trinajstić information content (AvgIpc) is 1.87. The number of aliphatic hydroxyl groups is 2. The Labute approximate surface area is 62.9 Å². The Morgan fingerprint density at radius 1 is 1.70 bits per heavy atom. The Morgan fingerprint density at radius 3 is 2.50 bits per heavy atom. The molecule has 0 aromatic heterocycles. The molecule has 60 valence electrons. The number of carbonyl (C=O) groups is 1. The van der Waals surface area contributed by atoms with Crippen LogP contribution in [0.4, 0.5) is 0 Å². The molecule has 0 spiro atoms. The standard InChI is InChI=1S/C5H10O4S/c1-3(2-6)10-5(9)4(7)8/h3,5-6,9H,2H2,1H3,(H,7,8). The second kappa shape index (κ2) is 4.54. The van der Waals surface area contributed by atoms with Crippen molar-refractivity contribution < 1.29 is 20.1 Å². The summed E-state index contributed by atoms with van der Waals surface area (Å²) in [5.74, 6) is -1.27. The van der Waals surface area contributed by atoms with Crippen molar-refractivity contribution in [3.63, 3.8) is 0 Å². The molecule has 0 radical (unpaired) electrons. The molecule has 0 aliphatic rings. The summed E-state index contributed by atoms with van der Waals surface area (Å²) in [5, 5.41) is 25.1. The molecule has 0 rings (SSSR count). The van der Waals surface area contributed by atoms with Gasteiger partial charge in [-0.1, -0.05) is 6.92 Å². The Morgan fingerprint density at radius 2 is 2.20 bits per heavy atom. The second-order valence-electron chi connectivity index (χ2n) is 1.82. The maximum Gasteiger partial charge on any atom is 0.343 e. The molecule has 3 N–H and O–H groups in total. The van der Waals surface area contributed by atoms with Crippen LogP contribution in [0.1, 0.15) is 6.92 Å². The van der Waals surface area contributed by atoms with Crippen LogP contribution in [0.5, 0.6) is 0 Å². The lowest BCUT2D eigenvalue weighted by atomic mass is 10.5. The van der Waals surface area contributed by atoms with Gasteiger partial charge in [-0.2, -0.15) is 0 Å². The monoisotopic (exact) mass is 166 g/mol. The Kier molecular flexibility index (Phi) is 4.42. The van der Waals surface area contributed by atoms with Gasteiger partial charge in [0.25, 0.3) is 0 Å². The number of thioether (sulfide) groups is 1. The van der Waals surface area contributed by atoms with Crippen molar-refractivity contribution in [2.24, 2.45) is 0 Å². The molecule has 0 fully saturated rings. The molecule has 5 heteroatoms. The molecule has 0 aliphatic heterocycles. The highest BCUT2D eigenvalue weighted by molar-refractivity contribution is 8.01. The highest BCUT2D eigenvalue weighted by Crippen LogP contribution is 2.14. The fourth-order valence-electron chi connectivity index (χ4n) is 0.321. The average molecular weight is 166 g/mol. The topological polar surface area (TPSA) is 77.8 Å². The largest absolute Gasteiger partial charge is 0.479 e. The molecule has 0 aliphatic carbocycles. The predicted molar refractivity (Wildman–Crippen MR) is 37.8 cm³/mol. The van der Waals surface area contributed by atoms with E-state index < -0.39 is 11.4 Å². The molecule has 4 nitrogen and oxygen atoms in total. The van der Waals surface area contributed by atoms with Gasteiger partial charge < -0.3 is 15.3 Å². The molecule has 0 heterocycles. The van der Waals surface area contributed by atoms with Crippen LogP contribution in [0.2, 0.25) is 0 Å². The zero-order valence-corrected chi connectivity index (χ0v) is 6.34. The van der Waals surface area contributed by atoms with Gasteiger partial charge in [-0.05, 0) is 0 Å². The summed E-state index contributed by atoms with van der Waals surface area (Å²) in [5.41, 5.74) is -1.43. The fourth-order valence-corrected chi connectivity index (χ4v) is 0.964. The van der Waals surface area contributed by atoms with Gasteiger partial charge in [-0.25, -0.2) is 4.79 Å². The highest BCUT2D eigenvalue weighted by Gasteiger charge is 2.16. The van der Waals surface area contributed by atoms with Crippen molar-refractivity contribution >= 4 is 17.7 Å². The minimum atomic E-state index is -1.43. The number of aliphatic carboxylic acids is 1. The van der Waals surface area contributed by atoms with E-state index in [2.05, 4.69) is 0 Å². The van der Waals surface area contributed by atoms with E-state index in [0.29, 0.717) is 0 Å². The Bertz CT molecular complexity index is 116. The van der Waals surface area contributed by atoms with Gasteiger partial charge in [0.1, 0.15) is 0 Å². The number of rotatable bonds is 4. The van der Waals surface area contributed by atoms with E-state index in [4.69, 9.17) is 15.3 Å². The van der Waals surface area contributed by atoms with Crippen molar-refractivity contribution in [2.75, 3.05) is 6.61 Å². The molecule has 2 atom stereocenters. The maximum atomic E-state index is 10.00. The Hall–Kier alpha value is -0.260. The summed E-state index contributed by atoms with van der Waals surface area (Å²) < 4.78 is 0. The van der Waals surface area contributed by atoms with Crippen LogP contribution in [0.15, 0.2) is 0 Å². The van der Waals surface area contributed by atoms with Crippen molar-refractivity contribution in [3.8, 4) is 0 Å². The zero-order valence-electron chi connectivity index (χ0n) is 5.52. The third-order valence-corrected chi connectivity index (χ3v) is 1.90. The first-order valence-corrected chi connectivity index (χ1v) is 3.69. The lowest BCUT2D eigenvalue weighted by Gasteiger charge is -2.09. The summed E-state index contributed by atoms with van der Waals surface area (Å²) >= 11 is 0.814. The minimum Gasteiger partial charge on any atom is -0.479 e. The quantitative estimate of drug-likeness (QED) is 0.491. The van der Waals surface area contributed by atoms with Crippen LogP contribution in [-0.2, 0) is 4.79 Å². The van der Waals surface area contributed by atoms with E-state index in [-0.39, 0.29) is 11.9 Å². The highest BCUT2D eigenvalue weighted by atomic mass is 32.2. The van der Waals surface area contributed by atoms with Crippen molar-refractivity contribution in [1.82, 2.24) is 0 Å². The first-order valence-electron chi connectivity index (χ1n) is 2.75. The smallest absolute Gasteiger partial charge is 0.343 e. The number of aliphatic hydroxyl groups excluding tert-OH is 2. The van der Waals surface area contributed by atoms with Crippen LogP contribution in [0, 0.1) is 0 Å². The van der Waals surface area contributed by atoms with Crippen LogP contribution < -0.4 is 0 Å². The minimum absolute atomic E-state index is 0.130. The zero-order chi connectivity index (χ0) is 8.15. The number of hydrogen-bond acceptors (Lipinski definition) is 4. The first-order chi connectivity index (χ1) is 4.57. The molecule has 0 aromatic rings. The van der Waals surface area contributed by atoms with Gasteiger partial charge in [0.15, 0.2) is 5.44 Å². The summed E-state index contributed by atoms with van der Waals surface area (Å²) in [6.07, 6.45) is 0. The molecule has 2 unspecified atom stereocenters. The summed E-state index contributed by atoms with van der Waals surface area (Å²) in [6.45, 7) is 1.51. The normalized spacial score (nSPS) is 16.3. The molecular weight excluding hydrogens is 156 g/mol. The summed E-state index contributed by atoms with van der Waals surface area (Å²) in [4.78, 5) is 10.00. The molecule has 0 saturated carbocycles. The lowest BCUT2D eigenvalue weighted by Crippen LogP contribution is -2.19. The fraction of sp³-hybridized carbons (Fsp3) is 0.800. The second-order valence-corrected chi connectivity index (χ2v) is 3.34. The van der Waals surface area contributed by atoms with Crippen molar-refractivity contribution in [3.05, 3.63) is 0 Å². The number of hydrogen-bond donors (Lipinski definition) is 3. The third-order valence-electron chi connectivity index (χ3n) is 0.830. The molecule has 0 saturated heterocycles. The van der Waals surface area contributed by atoms with Crippen molar-refractivity contribution in [1.29, 1.82) is 0 Å². The number of carboxylic acids is 1. The molecule has 0 bridgehead atoms. The number of carboxylic acid groups (broad SMARTS) is 1. The van der Waals surface area contributed by atoms with Crippen LogP contribution in [0.3, 0.4) is 0 Å². The van der Waals surface area contributed by atoms with Gasteiger partial charge in [-0.15, -0.1) is 11.8 Å². The van der Waals surface area contributed by atoms with Gasteiger partial charge in [-0.3, -0.25) is 0 Å². The van der Waals surface area contributed by atoms with Gasteiger partial charge in [0.2, 0.25) is 0 Å². The molecule has 0 aromatic carbocycles. The van der Waals surface area contributed by atoms with E-state index in [0.717, 1.165) is 11.8 Å². The van der Waals surface area contributed by atoms with Crippen LogP contribution >= 0.6 is 11.8 Å². The first kappa shape index (κ1) is 9.74. The molecular formula is C5H10O4S. The third kappa shape index (κ3) is 3.71. The van der Waals surface area contributed by atoms with E-state index >= 15 is 0 Å². The maximum absolute atomic E-state index is 10.00. The predicted octanol–water partition coefficient (Wildman–Crippen LogP) is -0.497.